The molecule has 0 aliphatic heterocycles. The molecule has 0 amide bonds. The number of aldehydes is 1. The highest BCUT2D eigenvalue weighted by Gasteiger charge is 2.50. The van der Waals surface area contributed by atoms with Crippen LogP contribution < -0.4 is 23.7 Å². The van der Waals surface area contributed by atoms with Crippen molar-refractivity contribution in [1.29, 1.82) is 5.26 Å². The number of hydrogen-bond acceptors (Lipinski definition) is 10. The van der Waals surface area contributed by atoms with E-state index in [1.165, 1.54) is 109 Å². The molecule has 10 rings (SSSR count). The number of carboxylic acid groups (broad SMARTS) is 1. The minimum Gasteiger partial charge on any atom is -0.481 e. The van der Waals surface area contributed by atoms with Crippen LogP contribution in [0.2, 0.25) is 0 Å². The van der Waals surface area contributed by atoms with E-state index in [0.29, 0.717) is 28.5 Å². The van der Waals surface area contributed by atoms with Gasteiger partial charge in [-0.1, -0.05) is 64.5 Å². The maximum absolute atomic E-state index is 13.2. The van der Waals surface area contributed by atoms with Gasteiger partial charge < -0.3 is 38.7 Å². The molecular weight excluding hydrogens is 1450 g/mol. The fourth-order valence-electron chi connectivity index (χ4n) is 11.4. The molecule has 2 N–H and O–H groups in total. The Kier molecular flexibility index (Phi) is 29.8. The van der Waals surface area contributed by atoms with Gasteiger partial charge in [0.15, 0.2) is 0 Å². The van der Waals surface area contributed by atoms with Crippen molar-refractivity contribution in [1.82, 2.24) is 0 Å². The number of ether oxygens (including phenoxy) is 5. The van der Waals surface area contributed by atoms with Gasteiger partial charge in [0.2, 0.25) is 29.6 Å². The number of aliphatic hydroxyl groups is 1. The monoisotopic (exact) mass is 1520 g/mol. The second-order valence-electron chi connectivity index (χ2n) is 24.1. The van der Waals surface area contributed by atoms with Crippen molar-refractivity contribution >= 4 is 34.0 Å². The first-order valence-corrected chi connectivity index (χ1v) is 31.5. The molecule has 100 heavy (non-hydrogen) atoms. The molecule has 0 aromatic heterocycles. The summed E-state index contributed by atoms with van der Waals surface area (Å²) in [6, 6.07) is 30.1. The molecule has 0 spiro atoms. The van der Waals surface area contributed by atoms with E-state index in [1.54, 1.807) is 12.1 Å². The molecule has 0 saturated heterocycles. The SMILES string of the molecule is FC(F)Oc1ccc(Br)cc1.N#CC1(c2ccc(OC(F)F)cc2)CCC(F)(F)CC1.O=C(O)C1(c2ccc(OC(F)F)cc2)CCC(F)(F)CC1.O=C1CCC(F)(F)CC1.O=CC1(c2ccc(OC(F)F)cc2)CCC(F)(F)CC1.OC1(c2ccc(OC(F)F)cc2)CCC(F)(F)CC1. The Morgan fingerprint density at radius 3 is 0.970 bits per heavy atom. The molecular formula is C68H68BrF20NO10. The highest BCUT2D eigenvalue weighted by Crippen LogP contribution is 2.49. The summed E-state index contributed by atoms with van der Waals surface area (Å²) in [5.74, 6) is -14.8. The summed E-state index contributed by atoms with van der Waals surface area (Å²) in [6.07, 6.45) is -3.05. The quantitative estimate of drug-likeness (QED) is 0.0714. The first kappa shape index (κ1) is 83.1. The maximum Gasteiger partial charge on any atom is 0.387 e. The zero-order valence-corrected chi connectivity index (χ0v) is 54.3. The number of carboxylic acids is 1. The lowest BCUT2D eigenvalue weighted by Crippen LogP contribution is -2.42. The van der Waals surface area contributed by atoms with Gasteiger partial charge in [0.05, 0.1) is 27.9 Å². The Morgan fingerprint density at radius 2 is 0.670 bits per heavy atom. The molecule has 0 heterocycles. The third kappa shape index (κ3) is 26.1. The van der Waals surface area contributed by atoms with Crippen LogP contribution in [0.5, 0.6) is 28.7 Å². The number of halogens is 21. The van der Waals surface area contributed by atoms with Crippen molar-refractivity contribution in [3.63, 3.8) is 0 Å². The highest BCUT2D eigenvalue weighted by atomic mass is 79.9. The normalized spacial score (nSPS) is 20.0. The van der Waals surface area contributed by atoms with Gasteiger partial charge in [0, 0.05) is 81.5 Å². The van der Waals surface area contributed by atoms with Gasteiger partial charge in [0.1, 0.15) is 40.8 Å². The Bertz CT molecular complexity index is 3350. The van der Waals surface area contributed by atoms with Gasteiger partial charge in [-0.05, 0) is 146 Å². The molecule has 5 saturated carbocycles. The highest BCUT2D eigenvalue weighted by molar-refractivity contribution is 9.10. The molecule has 0 atom stereocenters. The van der Waals surface area contributed by atoms with Crippen LogP contribution >= 0.6 is 15.9 Å². The summed E-state index contributed by atoms with van der Waals surface area (Å²) in [4.78, 5) is 33.3. The van der Waals surface area contributed by atoms with E-state index in [9.17, 15) is 118 Å². The summed E-state index contributed by atoms with van der Waals surface area (Å²) in [5, 5.41) is 29.1. The van der Waals surface area contributed by atoms with Crippen LogP contribution in [0.25, 0.3) is 0 Å². The van der Waals surface area contributed by atoms with Gasteiger partial charge in [-0.2, -0.15) is 49.2 Å². The van der Waals surface area contributed by atoms with Gasteiger partial charge in [-0.3, -0.25) is 9.59 Å². The van der Waals surface area contributed by atoms with Crippen LogP contribution in [0.4, 0.5) is 87.8 Å². The predicted octanol–water partition coefficient (Wildman–Crippen LogP) is 20.5. The van der Waals surface area contributed by atoms with Crippen molar-refractivity contribution in [3.05, 3.63) is 148 Å². The Morgan fingerprint density at radius 1 is 0.400 bits per heavy atom. The maximum atomic E-state index is 13.2. The van der Waals surface area contributed by atoms with Crippen molar-refractivity contribution in [2.45, 2.75) is 213 Å². The first-order valence-electron chi connectivity index (χ1n) is 30.7. The number of aliphatic carboxylic acids is 1. The van der Waals surface area contributed by atoms with Crippen molar-refractivity contribution in [3.8, 4) is 34.8 Å². The Labute approximate surface area is 569 Å². The van der Waals surface area contributed by atoms with E-state index in [4.69, 9.17) is 0 Å². The van der Waals surface area contributed by atoms with Gasteiger partial charge in [-0.25, -0.2) is 43.9 Å². The number of nitriles is 1. The fourth-order valence-corrected chi connectivity index (χ4v) is 11.6. The first-order chi connectivity index (χ1) is 46.6. The van der Waals surface area contributed by atoms with Crippen LogP contribution in [0.15, 0.2) is 126 Å². The molecule has 0 bridgehead atoms. The summed E-state index contributed by atoms with van der Waals surface area (Å²) in [7, 11) is 0. The van der Waals surface area contributed by atoms with Crippen LogP contribution in [0, 0.1) is 11.3 Å². The Hall–Kier alpha value is -7.56. The van der Waals surface area contributed by atoms with E-state index in [-0.39, 0.29) is 150 Å². The standard InChI is InChI=1S/C14H13F4NO.C14H14F4O3.C14H14F4O2.C13H14F4O2.C7H5BrF2O.C6H8F2O/c15-12(16)20-11-3-1-10(2-4-11)13(9-19)5-7-14(17,18)8-6-13;15-12(16)21-10-3-1-9(2-4-10)13(11(19)20)5-7-14(17,18)8-6-13;15-12(16)20-11-3-1-10(2-4-11)13(9-19)5-7-14(17,18)8-6-13;14-11(15)19-10-3-1-9(2-4-10)12(18)5-7-13(16,17)8-6-12;8-5-1-3-6(4-2-5)11-7(9)10;7-6(8)3-1-5(9)2-4-6/h1-4,12H,5-8H2;1-4,12H,5-8H2,(H,19,20);1-4,9,12H,5-8H2;1-4,11,18H,5-8H2;1-4,7H;1-4H2. The van der Waals surface area contributed by atoms with E-state index in [2.05, 4.69) is 45.7 Å². The average molecular weight is 1520 g/mol. The predicted molar refractivity (Wildman–Crippen MR) is 323 cm³/mol. The molecule has 5 aliphatic carbocycles. The third-order valence-electron chi connectivity index (χ3n) is 17.3. The van der Waals surface area contributed by atoms with Crippen LogP contribution in [-0.4, -0.2) is 90.9 Å². The molecule has 552 valence electrons. The lowest BCUT2D eigenvalue weighted by molar-refractivity contribution is -0.149. The molecule has 32 heteroatoms. The van der Waals surface area contributed by atoms with Crippen molar-refractivity contribution < 1.29 is 136 Å². The third-order valence-corrected chi connectivity index (χ3v) is 17.8. The van der Waals surface area contributed by atoms with Crippen LogP contribution in [0.3, 0.4) is 0 Å². The zero-order chi connectivity index (χ0) is 74.5. The number of carbonyl (C=O) groups is 3. The molecule has 5 aromatic rings. The van der Waals surface area contributed by atoms with Crippen molar-refractivity contribution in [2.24, 2.45) is 0 Å². The molecule has 5 aromatic carbocycles. The minimum absolute atomic E-state index is 0.0158. The zero-order valence-electron chi connectivity index (χ0n) is 52.7. The Balaban J connectivity index is 0.000000221. The summed E-state index contributed by atoms with van der Waals surface area (Å²) < 4.78 is 271. The second kappa shape index (κ2) is 35.8. The second-order valence-corrected chi connectivity index (χ2v) is 25.1. The van der Waals surface area contributed by atoms with Gasteiger partial charge in [0.25, 0.3) is 0 Å². The van der Waals surface area contributed by atoms with Crippen molar-refractivity contribution in [2.75, 3.05) is 0 Å². The van der Waals surface area contributed by atoms with Crippen LogP contribution in [0.1, 0.15) is 151 Å². The lowest BCUT2D eigenvalue weighted by Gasteiger charge is -2.37. The smallest absolute Gasteiger partial charge is 0.387 e. The average Bonchev–Trinajstić information content (AvgIpc) is 0.799. The van der Waals surface area contributed by atoms with Crippen LogP contribution in [-0.2, 0) is 36.2 Å². The minimum atomic E-state index is -2.97. The fraction of sp³-hybridized carbons (Fsp3) is 0.500. The number of carbonyl (C=O) groups excluding carboxylic acids is 2. The molecule has 0 unspecified atom stereocenters. The van der Waals surface area contributed by atoms with Gasteiger partial charge in [-0.15, -0.1) is 0 Å². The molecule has 5 fully saturated rings. The topological polar surface area (TPSA) is 162 Å². The number of benzene rings is 5. The van der Waals surface area contributed by atoms with E-state index in [1.807, 2.05) is 0 Å². The van der Waals surface area contributed by atoms with E-state index < -0.39 is 103 Å². The molecule has 11 nitrogen and oxygen atoms in total. The number of Topliss-reactive ketones (excluding diaryl/α,β-unsaturated/α-hetero) is 1. The van der Waals surface area contributed by atoms with E-state index >= 15 is 0 Å². The number of nitrogens with zero attached hydrogens (tertiary/aromatic N) is 1. The summed E-state index contributed by atoms with van der Waals surface area (Å²) in [5.41, 5.74) is -2.73. The largest absolute Gasteiger partial charge is 0.481 e. The lowest BCUT2D eigenvalue weighted by atomic mass is 9.68. The summed E-state index contributed by atoms with van der Waals surface area (Å²) >= 11 is 3.17. The van der Waals surface area contributed by atoms with Gasteiger partial charge >= 0.3 is 39.0 Å². The number of rotatable bonds is 16. The number of ketones is 1. The number of hydrogen-bond donors (Lipinski definition) is 2. The number of alkyl halides is 20. The summed E-state index contributed by atoms with van der Waals surface area (Å²) in [6.45, 7) is -14.5. The van der Waals surface area contributed by atoms with E-state index in [0.717, 1.165) is 4.47 Å². The molecule has 5 aliphatic rings. The molecule has 0 radical (unpaired) electrons.